The maximum atomic E-state index is 10.6. The first-order valence-corrected chi connectivity index (χ1v) is 11.2. The van der Waals surface area contributed by atoms with Crippen LogP contribution in [0, 0.1) is 0 Å². The van der Waals surface area contributed by atoms with Crippen LogP contribution in [0.3, 0.4) is 0 Å². The van der Waals surface area contributed by atoms with E-state index in [4.69, 9.17) is 4.74 Å². The van der Waals surface area contributed by atoms with Crippen molar-refractivity contribution in [2.75, 3.05) is 50.9 Å². The molecule has 0 bridgehead atoms. The number of hydrogen-bond acceptors (Lipinski definition) is 6. The fourth-order valence-corrected chi connectivity index (χ4v) is 2.53. The number of nitrogens with zero attached hydrogens (tertiary/aromatic N) is 1. The first-order chi connectivity index (χ1) is 12.2. The molecule has 25 heavy (non-hydrogen) atoms. The van der Waals surface area contributed by atoms with E-state index in [0.717, 1.165) is 26.3 Å². The van der Waals surface area contributed by atoms with E-state index in [9.17, 15) is 8.42 Å². The van der Waals surface area contributed by atoms with Crippen LogP contribution < -0.4 is 10.6 Å². The summed E-state index contributed by atoms with van der Waals surface area (Å²) in [6.07, 6.45) is 3.46. The van der Waals surface area contributed by atoms with Gasteiger partial charge in [-0.05, 0) is 6.07 Å². The standard InChI is InChI=1S/C4H9NO2S.C4H9NO.C3H4N2.3C2H6/c6-8(7)3-1-5-2-4-8;1-3-6-4-2-5-1;1-2-4-5-3-1;3*1-2/h5H,1-4H2;5H,1-4H2;1-3H,(H,4,5);3*1-2H3. The Labute approximate surface area is 155 Å². The Hall–Kier alpha value is -0.960. The van der Waals surface area contributed by atoms with Crippen LogP contribution in [0.2, 0.25) is 0 Å². The zero-order valence-corrected chi connectivity index (χ0v) is 17.8. The second-order valence-corrected chi connectivity index (χ2v) is 6.33. The Bertz CT molecular complexity index is 353. The summed E-state index contributed by atoms with van der Waals surface area (Å²) >= 11 is 0. The molecule has 1 aromatic rings. The first-order valence-electron chi connectivity index (χ1n) is 9.34. The van der Waals surface area contributed by atoms with Crippen molar-refractivity contribution in [3.05, 3.63) is 18.5 Å². The number of H-pyrrole nitrogens is 1. The molecule has 0 saturated carbocycles. The zero-order valence-electron chi connectivity index (χ0n) is 17.0. The third-order valence-corrected chi connectivity index (χ3v) is 4.08. The predicted octanol–water partition coefficient (Wildman–Crippen LogP) is 2.10. The molecule has 0 amide bonds. The minimum Gasteiger partial charge on any atom is -0.379 e. The van der Waals surface area contributed by atoms with Crippen LogP contribution >= 0.6 is 0 Å². The SMILES string of the molecule is C1COCCN1.CC.CC.CC.O=S1(=O)CCNCC1.c1cn[nH]c1. The number of aromatic amines is 1. The molecule has 0 spiro atoms. The summed E-state index contributed by atoms with van der Waals surface area (Å²) in [5.74, 6) is 0.625. The van der Waals surface area contributed by atoms with Crippen LogP contribution in [0.1, 0.15) is 41.5 Å². The van der Waals surface area contributed by atoms with E-state index in [-0.39, 0.29) is 0 Å². The lowest BCUT2D eigenvalue weighted by Gasteiger charge is -2.10. The van der Waals surface area contributed by atoms with Crippen LogP contribution in [0.4, 0.5) is 0 Å². The van der Waals surface area contributed by atoms with Gasteiger partial charge in [0.15, 0.2) is 9.84 Å². The van der Waals surface area contributed by atoms with Crippen LogP contribution in [-0.2, 0) is 14.6 Å². The monoisotopic (exact) mass is 380 g/mol. The molecular formula is C17H40N4O3S. The Morgan fingerprint density at radius 1 is 0.840 bits per heavy atom. The van der Waals surface area contributed by atoms with Crippen molar-refractivity contribution < 1.29 is 13.2 Å². The van der Waals surface area contributed by atoms with Gasteiger partial charge in [0.2, 0.25) is 0 Å². The van der Waals surface area contributed by atoms with Gasteiger partial charge in [0.05, 0.1) is 24.7 Å². The lowest BCUT2D eigenvalue weighted by molar-refractivity contribution is 0.109. The van der Waals surface area contributed by atoms with Gasteiger partial charge in [-0.25, -0.2) is 8.42 Å². The van der Waals surface area contributed by atoms with E-state index in [1.807, 2.05) is 47.6 Å². The van der Waals surface area contributed by atoms with Gasteiger partial charge in [0.25, 0.3) is 0 Å². The van der Waals surface area contributed by atoms with Crippen LogP contribution in [0.5, 0.6) is 0 Å². The van der Waals surface area contributed by atoms with E-state index in [2.05, 4.69) is 20.8 Å². The van der Waals surface area contributed by atoms with Crippen molar-refractivity contribution in [3.63, 3.8) is 0 Å². The van der Waals surface area contributed by atoms with E-state index in [1.54, 1.807) is 12.4 Å². The number of aromatic nitrogens is 2. The van der Waals surface area contributed by atoms with Crippen LogP contribution in [0.25, 0.3) is 0 Å². The van der Waals surface area contributed by atoms with E-state index >= 15 is 0 Å². The van der Waals surface area contributed by atoms with Gasteiger partial charge in [-0.2, -0.15) is 5.10 Å². The van der Waals surface area contributed by atoms with Crippen molar-refractivity contribution in [1.29, 1.82) is 0 Å². The van der Waals surface area contributed by atoms with Gasteiger partial charge < -0.3 is 15.4 Å². The second kappa shape index (κ2) is 25.3. The molecule has 3 heterocycles. The molecule has 2 fully saturated rings. The lowest BCUT2D eigenvalue weighted by atomic mass is 10.5. The molecule has 8 heteroatoms. The highest BCUT2D eigenvalue weighted by Gasteiger charge is 2.13. The molecule has 7 nitrogen and oxygen atoms in total. The quantitative estimate of drug-likeness (QED) is 0.638. The van der Waals surface area contributed by atoms with Crippen molar-refractivity contribution >= 4 is 9.84 Å². The van der Waals surface area contributed by atoms with Crippen molar-refractivity contribution in [3.8, 4) is 0 Å². The fourth-order valence-electron chi connectivity index (χ4n) is 1.41. The molecule has 3 N–H and O–H groups in total. The number of rotatable bonds is 0. The topological polar surface area (TPSA) is 96.1 Å². The van der Waals surface area contributed by atoms with Crippen LogP contribution in [-0.4, -0.2) is 69.5 Å². The van der Waals surface area contributed by atoms with E-state index in [1.165, 1.54) is 0 Å². The normalized spacial score (nSPS) is 16.9. The predicted molar refractivity (Wildman–Crippen MR) is 108 cm³/mol. The maximum Gasteiger partial charge on any atom is 0.152 e. The molecule has 0 aromatic carbocycles. The summed E-state index contributed by atoms with van der Waals surface area (Å²) < 4.78 is 26.2. The summed E-state index contributed by atoms with van der Waals surface area (Å²) in [5, 5.41) is 12.3. The second-order valence-electron chi connectivity index (χ2n) is 4.03. The molecule has 3 rings (SSSR count). The van der Waals surface area contributed by atoms with Gasteiger partial charge in [-0.15, -0.1) is 0 Å². The minimum atomic E-state index is -2.65. The fraction of sp³-hybridized carbons (Fsp3) is 0.824. The summed E-state index contributed by atoms with van der Waals surface area (Å²) in [7, 11) is -2.65. The number of sulfone groups is 1. The number of hydrogen-bond donors (Lipinski definition) is 3. The van der Waals surface area contributed by atoms with Gasteiger partial charge in [0.1, 0.15) is 0 Å². The summed E-state index contributed by atoms with van der Waals surface area (Å²) in [6, 6.07) is 1.83. The van der Waals surface area contributed by atoms with Gasteiger partial charge >= 0.3 is 0 Å². The maximum absolute atomic E-state index is 10.6. The summed E-state index contributed by atoms with van der Waals surface area (Å²) in [5.41, 5.74) is 0. The molecule has 0 radical (unpaired) electrons. The molecule has 1 aromatic heterocycles. The molecular weight excluding hydrogens is 340 g/mol. The molecule has 0 unspecified atom stereocenters. The smallest absolute Gasteiger partial charge is 0.152 e. The highest BCUT2D eigenvalue weighted by molar-refractivity contribution is 7.91. The van der Waals surface area contributed by atoms with E-state index < -0.39 is 9.84 Å². The molecule has 2 saturated heterocycles. The molecule has 0 atom stereocenters. The highest BCUT2D eigenvalue weighted by Crippen LogP contribution is 1.91. The molecule has 0 aliphatic carbocycles. The first kappa shape index (κ1) is 28.8. The van der Waals surface area contributed by atoms with Crippen LogP contribution in [0.15, 0.2) is 18.5 Å². The number of morpholine rings is 1. The third-order valence-electron chi connectivity index (χ3n) is 2.43. The molecule has 2 aliphatic heterocycles. The zero-order chi connectivity index (χ0) is 19.8. The average molecular weight is 381 g/mol. The lowest BCUT2D eigenvalue weighted by Crippen LogP contribution is -2.35. The van der Waals surface area contributed by atoms with Crippen molar-refractivity contribution in [2.24, 2.45) is 0 Å². The van der Waals surface area contributed by atoms with Gasteiger partial charge in [-0.3, -0.25) is 5.10 Å². The van der Waals surface area contributed by atoms with Gasteiger partial charge in [-0.1, -0.05) is 41.5 Å². The molecule has 2 aliphatic rings. The van der Waals surface area contributed by atoms with E-state index in [0.29, 0.717) is 24.6 Å². The summed E-state index contributed by atoms with van der Waals surface area (Å²) in [6.45, 7) is 17.1. The number of ether oxygens (including phenoxy) is 1. The summed E-state index contributed by atoms with van der Waals surface area (Å²) in [4.78, 5) is 0. The van der Waals surface area contributed by atoms with Gasteiger partial charge in [0, 0.05) is 38.6 Å². The Morgan fingerprint density at radius 2 is 1.32 bits per heavy atom. The van der Waals surface area contributed by atoms with Crippen molar-refractivity contribution in [1.82, 2.24) is 20.8 Å². The highest BCUT2D eigenvalue weighted by atomic mass is 32.2. The Balaban J connectivity index is -0.000000257. The third kappa shape index (κ3) is 25.4. The van der Waals surface area contributed by atoms with Crippen molar-refractivity contribution in [2.45, 2.75) is 41.5 Å². The minimum absolute atomic E-state index is 0.312. The largest absolute Gasteiger partial charge is 0.379 e. The average Bonchev–Trinajstić information content (AvgIpc) is 3.28. The number of nitrogens with one attached hydrogen (secondary N) is 3. The Morgan fingerprint density at radius 3 is 1.48 bits per heavy atom. The molecule has 152 valence electrons. The Kier molecular flexibility index (Phi) is 29.2.